The van der Waals surface area contributed by atoms with Crippen molar-refractivity contribution in [3.63, 3.8) is 0 Å². The van der Waals surface area contributed by atoms with Gasteiger partial charge in [-0.05, 0) is 39.2 Å². The van der Waals surface area contributed by atoms with Gasteiger partial charge in [0.2, 0.25) is 0 Å². The summed E-state index contributed by atoms with van der Waals surface area (Å²) >= 11 is 0. The molecular weight excluding hydrogens is 368 g/mol. The standard InChI is InChI=1S/C28H22O2/c1-18(19-9-3-2-4-10-19)24-17-21-12-6-8-14-23(21)27(28(24)30)26-22-13-7-5-11-20(22)15-16-25(26)29/h2-18,29-30H,1H3. The zero-order chi connectivity index (χ0) is 20.7. The number of aromatic hydroxyl groups is 2. The Kier molecular flexibility index (Phi) is 4.40. The molecule has 0 radical (unpaired) electrons. The van der Waals surface area contributed by atoms with Crippen molar-refractivity contribution in [2.45, 2.75) is 12.8 Å². The second-order valence-corrected chi connectivity index (χ2v) is 7.72. The lowest BCUT2D eigenvalue weighted by molar-refractivity contribution is 0.464. The maximum Gasteiger partial charge on any atom is 0.128 e. The summed E-state index contributed by atoms with van der Waals surface area (Å²) in [5, 5.41) is 26.3. The van der Waals surface area contributed by atoms with Crippen LogP contribution >= 0.6 is 0 Å². The third-order valence-electron chi connectivity index (χ3n) is 5.97. The minimum Gasteiger partial charge on any atom is -0.507 e. The molecule has 0 bridgehead atoms. The van der Waals surface area contributed by atoms with Crippen LogP contribution in [-0.4, -0.2) is 10.2 Å². The highest BCUT2D eigenvalue weighted by molar-refractivity contribution is 6.10. The summed E-state index contributed by atoms with van der Waals surface area (Å²) in [6.07, 6.45) is 0. The van der Waals surface area contributed by atoms with Gasteiger partial charge in [-0.3, -0.25) is 0 Å². The molecule has 2 heteroatoms. The maximum atomic E-state index is 11.5. The van der Waals surface area contributed by atoms with Crippen LogP contribution in [0.15, 0.2) is 97.1 Å². The quantitative estimate of drug-likeness (QED) is 0.341. The predicted octanol–water partition coefficient (Wildman–Crippen LogP) is 7.22. The first-order valence-corrected chi connectivity index (χ1v) is 10.2. The van der Waals surface area contributed by atoms with Gasteiger partial charge in [0.15, 0.2) is 0 Å². The van der Waals surface area contributed by atoms with Gasteiger partial charge in [0.05, 0.1) is 0 Å². The molecule has 0 heterocycles. The van der Waals surface area contributed by atoms with Gasteiger partial charge in [0.1, 0.15) is 11.5 Å². The van der Waals surface area contributed by atoms with Crippen LogP contribution in [-0.2, 0) is 0 Å². The van der Waals surface area contributed by atoms with E-state index in [-0.39, 0.29) is 17.4 Å². The first-order chi connectivity index (χ1) is 14.6. The first-order valence-electron chi connectivity index (χ1n) is 10.2. The molecule has 0 saturated carbocycles. The predicted molar refractivity (Wildman–Crippen MR) is 124 cm³/mol. The fourth-order valence-electron chi connectivity index (χ4n) is 4.39. The molecule has 5 aromatic carbocycles. The van der Waals surface area contributed by atoms with Gasteiger partial charge in [0.25, 0.3) is 0 Å². The highest BCUT2D eigenvalue weighted by atomic mass is 16.3. The number of rotatable bonds is 3. The summed E-state index contributed by atoms with van der Waals surface area (Å²) in [6, 6.07) is 31.8. The maximum absolute atomic E-state index is 11.5. The van der Waals surface area contributed by atoms with Crippen molar-refractivity contribution in [1.29, 1.82) is 0 Å². The number of benzene rings is 5. The fraction of sp³-hybridized carbons (Fsp3) is 0.0714. The van der Waals surface area contributed by atoms with Gasteiger partial charge in [-0.25, -0.2) is 0 Å². The Morgan fingerprint density at radius 2 is 1.20 bits per heavy atom. The highest BCUT2D eigenvalue weighted by Gasteiger charge is 2.22. The van der Waals surface area contributed by atoms with Crippen molar-refractivity contribution in [2.24, 2.45) is 0 Å². The lowest BCUT2D eigenvalue weighted by atomic mass is 9.85. The lowest BCUT2D eigenvalue weighted by Crippen LogP contribution is -1.99. The third kappa shape index (κ3) is 2.89. The molecule has 2 N–H and O–H groups in total. The zero-order valence-corrected chi connectivity index (χ0v) is 16.7. The van der Waals surface area contributed by atoms with Crippen LogP contribution in [0.5, 0.6) is 11.5 Å². The SMILES string of the molecule is CC(c1ccccc1)c1cc2ccccc2c(-c2c(O)ccc3ccccc23)c1O. The van der Waals surface area contributed by atoms with E-state index in [9.17, 15) is 10.2 Å². The van der Waals surface area contributed by atoms with Crippen LogP contribution in [0.3, 0.4) is 0 Å². The Morgan fingerprint density at radius 1 is 0.600 bits per heavy atom. The van der Waals surface area contributed by atoms with Crippen LogP contribution in [0.4, 0.5) is 0 Å². The van der Waals surface area contributed by atoms with Crippen molar-refractivity contribution < 1.29 is 10.2 Å². The Morgan fingerprint density at radius 3 is 1.93 bits per heavy atom. The van der Waals surface area contributed by atoms with Crippen molar-refractivity contribution in [2.75, 3.05) is 0 Å². The molecule has 1 unspecified atom stereocenters. The minimum absolute atomic E-state index is 0.00618. The van der Waals surface area contributed by atoms with E-state index < -0.39 is 0 Å². The summed E-state index contributed by atoms with van der Waals surface area (Å²) in [4.78, 5) is 0. The average Bonchev–Trinajstić information content (AvgIpc) is 2.79. The van der Waals surface area contributed by atoms with Crippen LogP contribution in [0.2, 0.25) is 0 Å². The molecule has 0 aliphatic heterocycles. The zero-order valence-electron chi connectivity index (χ0n) is 16.7. The van der Waals surface area contributed by atoms with E-state index in [0.717, 1.165) is 32.7 Å². The Labute approximate surface area is 175 Å². The summed E-state index contributed by atoms with van der Waals surface area (Å²) in [5.41, 5.74) is 3.34. The molecule has 2 nitrogen and oxygen atoms in total. The molecule has 0 aromatic heterocycles. The smallest absolute Gasteiger partial charge is 0.128 e. The molecule has 146 valence electrons. The van der Waals surface area contributed by atoms with Gasteiger partial charge in [-0.2, -0.15) is 0 Å². The number of phenolic OH excluding ortho intramolecular Hbond substituents is 2. The second-order valence-electron chi connectivity index (χ2n) is 7.72. The molecule has 5 rings (SSSR count). The second kappa shape index (κ2) is 7.23. The number of phenols is 2. The van der Waals surface area contributed by atoms with E-state index in [4.69, 9.17) is 0 Å². The molecule has 0 aliphatic carbocycles. The van der Waals surface area contributed by atoms with Crippen molar-refractivity contribution in [3.05, 3.63) is 108 Å². The Balaban J connectivity index is 1.88. The highest BCUT2D eigenvalue weighted by Crippen LogP contribution is 2.48. The fourth-order valence-corrected chi connectivity index (χ4v) is 4.39. The van der Waals surface area contributed by atoms with Crippen LogP contribution in [0, 0.1) is 0 Å². The Hall–Kier alpha value is -3.78. The average molecular weight is 390 g/mol. The summed E-state index contributed by atoms with van der Waals surface area (Å²) < 4.78 is 0. The van der Waals surface area contributed by atoms with E-state index in [2.05, 4.69) is 31.2 Å². The van der Waals surface area contributed by atoms with Gasteiger partial charge >= 0.3 is 0 Å². The third-order valence-corrected chi connectivity index (χ3v) is 5.97. The first kappa shape index (κ1) is 18.3. The van der Waals surface area contributed by atoms with Crippen molar-refractivity contribution in [3.8, 4) is 22.6 Å². The van der Waals surface area contributed by atoms with E-state index in [0.29, 0.717) is 11.1 Å². The summed E-state index contributed by atoms with van der Waals surface area (Å²) in [7, 11) is 0. The van der Waals surface area contributed by atoms with Gasteiger partial charge in [-0.1, -0.05) is 91.9 Å². The summed E-state index contributed by atoms with van der Waals surface area (Å²) in [6.45, 7) is 2.10. The van der Waals surface area contributed by atoms with Gasteiger partial charge in [0, 0.05) is 22.6 Å². The van der Waals surface area contributed by atoms with Crippen molar-refractivity contribution >= 4 is 21.5 Å². The minimum atomic E-state index is 0.00618. The topological polar surface area (TPSA) is 40.5 Å². The molecule has 0 saturated heterocycles. The normalized spacial score (nSPS) is 12.3. The Bertz CT molecular complexity index is 1370. The summed E-state index contributed by atoms with van der Waals surface area (Å²) in [5.74, 6) is 0.391. The molecule has 0 amide bonds. The van der Waals surface area contributed by atoms with E-state index in [1.54, 1.807) is 6.07 Å². The van der Waals surface area contributed by atoms with Crippen molar-refractivity contribution in [1.82, 2.24) is 0 Å². The van der Waals surface area contributed by atoms with E-state index in [1.165, 1.54) is 0 Å². The lowest BCUT2D eigenvalue weighted by Gasteiger charge is -2.20. The van der Waals surface area contributed by atoms with Gasteiger partial charge < -0.3 is 10.2 Å². The molecule has 30 heavy (non-hydrogen) atoms. The van der Waals surface area contributed by atoms with E-state index in [1.807, 2.05) is 66.7 Å². The monoisotopic (exact) mass is 390 g/mol. The number of hydrogen-bond donors (Lipinski definition) is 2. The molecule has 1 atom stereocenters. The molecule has 0 fully saturated rings. The number of hydrogen-bond acceptors (Lipinski definition) is 2. The van der Waals surface area contributed by atoms with Gasteiger partial charge in [-0.15, -0.1) is 0 Å². The molecule has 0 spiro atoms. The molecular formula is C28H22O2. The molecule has 0 aliphatic rings. The largest absolute Gasteiger partial charge is 0.507 e. The van der Waals surface area contributed by atoms with Crippen LogP contribution in [0.25, 0.3) is 32.7 Å². The molecule has 5 aromatic rings. The van der Waals surface area contributed by atoms with Crippen LogP contribution < -0.4 is 0 Å². The van der Waals surface area contributed by atoms with Crippen LogP contribution in [0.1, 0.15) is 24.0 Å². The number of fused-ring (bicyclic) bond motifs is 2. The van der Waals surface area contributed by atoms with E-state index >= 15 is 0 Å².